The van der Waals surface area contributed by atoms with Gasteiger partial charge in [-0.3, -0.25) is 0 Å². The van der Waals surface area contributed by atoms with E-state index in [9.17, 15) is 0 Å². The lowest BCUT2D eigenvalue weighted by Crippen LogP contribution is -2.05. The van der Waals surface area contributed by atoms with Crippen LogP contribution in [0, 0.1) is 0 Å². The van der Waals surface area contributed by atoms with Crippen LogP contribution < -0.4 is 0 Å². The van der Waals surface area contributed by atoms with Gasteiger partial charge >= 0.3 is 11.5 Å². The third-order valence-corrected chi connectivity index (χ3v) is 4.90. The fourth-order valence-electron chi connectivity index (χ4n) is 3.74. The highest BCUT2D eigenvalue weighted by molar-refractivity contribution is 5.81. The molecule has 0 radical (unpaired) electrons. The number of rotatable bonds is 1. The van der Waals surface area contributed by atoms with Crippen LogP contribution in [0.25, 0.3) is 11.6 Å². The van der Waals surface area contributed by atoms with Crippen molar-refractivity contribution in [2.45, 2.75) is 51.4 Å². The lowest BCUT2D eigenvalue weighted by molar-refractivity contribution is 0.458. The fourth-order valence-corrected chi connectivity index (χ4v) is 3.74. The molecule has 2 aliphatic carbocycles. The first-order valence-corrected chi connectivity index (χ1v) is 8.64. The molecule has 0 N–H and O–H groups in total. The lowest BCUT2D eigenvalue weighted by atomic mass is 9.89. The molecule has 0 saturated carbocycles. The van der Waals surface area contributed by atoms with Crippen LogP contribution in [0.1, 0.15) is 60.3 Å². The molecule has 22 heavy (non-hydrogen) atoms. The van der Waals surface area contributed by atoms with E-state index in [-0.39, 0.29) is 0 Å². The standard InChI is InChI=1S/C21H23O/c1-3-8-16(9-4-1)14-18-11-7-12-19-15-17-10-5-2-6-13-20(17)22-21(18)19/h1,3-4,8-9,14-15H,2,5-7,10-13H2/q+1/b18-14-. The molecule has 4 rings (SSSR count). The molecule has 0 fully saturated rings. The van der Waals surface area contributed by atoms with Gasteiger partial charge in [0.1, 0.15) is 0 Å². The minimum absolute atomic E-state index is 1.11. The molecule has 112 valence electrons. The van der Waals surface area contributed by atoms with Crippen LogP contribution in [-0.4, -0.2) is 0 Å². The molecule has 1 aromatic carbocycles. The Balaban J connectivity index is 1.77. The monoisotopic (exact) mass is 291 g/mol. The normalized spacial score (nSPS) is 19.4. The Morgan fingerprint density at radius 3 is 2.50 bits per heavy atom. The Kier molecular flexibility index (Phi) is 3.80. The SMILES string of the molecule is C(=C1\CCCc2cc3c([o+]c21)CCCCC3)/c1ccccc1. The molecule has 0 spiro atoms. The van der Waals surface area contributed by atoms with Crippen LogP contribution in [0.3, 0.4) is 0 Å². The van der Waals surface area contributed by atoms with Crippen LogP contribution in [0.15, 0.2) is 40.8 Å². The summed E-state index contributed by atoms with van der Waals surface area (Å²) in [6, 6.07) is 13.1. The Morgan fingerprint density at radius 1 is 0.773 bits per heavy atom. The summed E-state index contributed by atoms with van der Waals surface area (Å²) >= 11 is 0. The molecule has 1 heterocycles. The van der Waals surface area contributed by atoms with Crippen LogP contribution >= 0.6 is 0 Å². The van der Waals surface area contributed by atoms with Crippen LogP contribution in [0.2, 0.25) is 0 Å². The van der Waals surface area contributed by atoms with Gasteiger partial charge in [-0.15, -0.1) is 0 Å². The van der Waals surface area contributed by atoms with Gasteiger partial charge in [-0.05, 0) is 56.2 Å². The van der Waals surface area contributed by atoms with Gasteiger partial charge in [-0.2, -0.15) is 0 Å². The fraction of sp³-hybridized carbons (Fsp3) is 0.381. The van der Waals surface area contributed by atoms with Crippen molar-refractivity contribution in [2.75, 3.05) is 0 Å². The number of aryl methyl sites for hydroxylation is 3. The van der Waals surface area contributed by atoms with Gasteiger partial charge in [0.2, 0.25) is 0 Å². The molecule has 1 nitrogen and oxygen atoms in total. The minimum Gasteiger partial charge on any atom is -0.212 e. The average Bonchev–Trinajstić information content (AvgIpc) is 2.79. The van der Waals surface area contributed by atoms with E-state index in [2.05, 4.69) is 42.5 Å². The second kappa shape index (κ2) is 6.08. The summed E-state index contributed by atoms with van der Waals surface area (Å²) < 4.78 is 6.42. The predicted molar refractivity (Wildman–Crippen MR) is 91.6 cm³/mol. The van der Waals surface area contributed by atoms with Crippen molar-refractivity contribution in [1.29, 1.82) is 0 Å². The van der Waals surface area contributed by atoms with E-state index in [1.807, 2.05) is 0 Å². The van der Waals surface area contributed by atoms with Crippen molar-refractivity contribution in [1.82, 2.24) is 0 Å². The topological polar surface area (TPSA) is 11.3 Å². The van der Waals surface area contributed by atoms with Crippen molar-refractivity contribution in [2.24, 2.45) is 0 Å². The predicted octanol–water partition coefficient (Wildman–Crippen LogP) is 5.71. The Labute approximate surface area is 132 Å². The van der Waals surface area contributed by atoms with Crippen molar-refractivity contribution in [3.63, 3.8) is 0 Å². The van der Waals surface area contributed by atoms with Crippen molar-refractivity contribution < 1.29 is 4.42 Å². The summed E-state index contributed by atoms with van der Waals surface area (Å²) in [6.07, 6.45) is 12.1. The summed E-state index contributed by atoms with van der Waals surface area (Å²) in [5, 5.41) is 0. The van der Waals surface area contributed by atoms with Crippen molar-refractivity contribution in [3.05, 3.63) is 64.6 Å². The van der Waals surface area contributed by atoms with E-state index < -0.39 is 0 Å². The largest absolute Gasteiger partial charge is 0.359 e. The van der Waals surface area contributed by atoms with Gasteiger partial charge in [0.25, 0.3) is 0 Å². The molecule has 0 bridgehead atoms. The highest BCUT2D eigenvalue weighted by Crippen LogP contribution is 2.35. The summed E-state index contributed by atoms with van der Waals surface area (Å²) in [4.78, 5) is 0. The van der Waals surface area contributed by atoms with E-state index in [0.29, 0.717) is 0 Å². The van der Waals surface area contributed by atoms with E-state index in [1.54, 1.807) is 0 Å². The third kappa shape index (κ3) is 2.72. The highest BCUT2D eigenvalue weighted by atomic mass is 16.3. The number of fused-ring (bicyclic) bond motifs is 2. The molecule has 0 amide bonds. The summed E-state index contributed by atoms with van der Waals surface area (Å²) in [7, 11) is 0. The highest BCUT2D eigenvalue weighted by Gasteiger charge is 2.30. The van der Waals surface area contributed by atoms with E-state index >= 15 is 0 Å². The molecule has 2 aliphatic rings. The quantitative estimate of drug-likeness (QED) is 0.484. The van der Waals surface area contributed by atoms with Gasteiger partial charge in [0.15, 0.2) is 0 Å². The summed E-state index contributed by atoms with van der Waals surface area (Å²) in [5.41, 5.74) is 5.54. The average molecular weight is 291 g/mol. The van der Waals surface area contributed by atoms with Gasteiger partial charge in [0, 0.05) is 0 Å². The zero-order valence-electron chi connectivity index (χ0n) is 13.1. The lowest BCUT2D eigenvalue weighted by Gasteiger charge is -2.12. The Bertz CT molecular complexity index is 697. The Hall–Kier alpha value is -1.89. The van der Waals surface area contributed by atoms with Gasteiger partial charge < -0.3 is 0 Å². The Morgan fingerprint density at radius 2 is 1.59 bits per heavy atom. The zero-order chi connectivity index (χ0) is 14.8. The molecule has 1 heteroatoms. The molecule has 0 atom stereocenters. The number of hydrogen-bond acceptors (Lipinski definition) is 0. The first-order chi connectivity index (χ1) is 10.9. The van der Waals surface area contributed by atoms with Gasteiger partial charge in [-0.25, -0.2) is 4.42 Å². The third-order valence-electron chi connectivity index (χ3n) is 4.90. The second-order valence-electron chi connectivity index (χ2n) is 6.54. The number of hydrogen-bond donors (Lipinski definition) is 0. The molecule has 0 saturated heterocycles. The number of benzene rings is 1. The first-order valence-electron chi connectivity index (χ1n) is 8.64. The van der Waals surface area contributed by atoms with Crippen LogP contribution in [-0.2, 0) is 19.3 Å². The van der Waals surface area contributed by atoms with Crippen LogP contribution in [0.4, 0.5) is 0 Å². The van der Waals surface area contributed by atoms with E-state index in [4.69, 9.17) is 4.42 Å². The van der Waals surface area contributed by atoms with E-state index in [0.717, 1.165) is 25.0 Å². The van der Waals surface area contributed by atoms with Gasteiger partial charge in [0.05, 0.1) is 23.1 Å². The number of allylic oxidation sites excluding steroid dienone is 1. The molecular formula is C21H23O+. The second-order valence-corrected chi connectivity index (χ2v) is 6.54. The molecule has 1 aromatic heterocycles. The summed E-state index contributed by atoms with van der Waals surface area (Å²) in [5.74, 6) is 2.41. The van der Waals surface area contributed by atoms with Crippen molar-refractivity contribution in [3.8, 4) is 0 Å². The minimum atomic E-state index is 1.11. The van der Waals surface area contributed by atoms with E-state index in [1.165, 1.54) is 60.1 Å². The smallest absolute Gasteiger partial charge is 0.212 e. The molecule has 2 aromatic rings. The maximum Gasteiger partial charge on any atom is 0.359 e. The molecule has 0 aliphatic heterocycles. The first kappa shape index (κ1) is 13.8. The zero-order valence-corrected chi connectivity index (χ0v) is 13.1. The van der Waals surface area contributed by atoms with Crippen LogP contribution in [0.5, 0.6) is 0 Å². The molecule has 0 unspecified atom stereocenters. The summed E-state index contributed by atoms with van der Waals surface area (Å²) in [6.45, 7) is 0. The van der Waals surface area contributed by atoms with Crippen molar-refractivity contribution >= 4 is 11.6 Å². The maximum atomic E-state index is 6.42. The maximum absolute atomic E-state index is 6.42. The van der Waals surface area contributed by atoms with Gasteiger partial charge in [-0.1, -0.05) is 36.8 Å². The molecular weight excluding hydrogens is 268 g/mol.